The first-order valence-corrected chi connectivity index (χ1v) is 13.6. The number of halogens is 2. The van der Waals surface area contributed by atoms with Crippen LogP contribution in [0, 0.1) is 11.6 Å². The summed E-state index contributed by atoms with van der Waals surface area (Å²) in [6.45, 7) is 5.46. The van der Waals surface area contributed by atoms with Crippen LogP contribution in [0.1, 0.15) is 30.9 Å². The second-order valence-corrected chi connectivity index (χ2v) is 10.3. The third kappa shape index (κ3) is 7.16. The molecule has 13 heteroatoms. The number of hydrazine groups is 1. The van der Waals surface area contributed by atoms with E-state index in [2.05, 4.69) is 46.2 Å². The number of carbonyl (C=O) groups is 1. The van der Waals surface area contributed by atoms with E-state index in [9.17, 15) is 13.6 Å². The normalized spacial score (nSPS) is 18.4. The summed E-state index contributed by atoms with van der Waals surface area (Å²) in [6.07, 6.45) is 5.04. The van der Waals surface area contributed by atoms with Crippen LogP contribution < -0.4 is 32.0 Å². The number of hydrogen-bond donors (Lipinski definition) is 4. The van der Waals surface area contributed by atoms with E-state index < -0.39 is 17.7 Å². The second-order valence-electron chi connectivity index (χ2n) is 10.3. The molecule has 0 aromatic heterocycles. The van der Waals surface area contributed by atoms with Gasteiger partial charge in [0, 0.05) is 43.8 Å². The third-order valence-corrected chi connectivity index (χ3v) is 7.37. The number of benzene rings is 2. The van der Waals surface area contributed by atoms with Crippen LogP contribution >= 0.6 is 0 Å². The van der Waals surface area contributed by atoms with Gasteiger partial charge in [0.25, 0.3) is 0 Å². The van der Waals surface area contributed by atoms with Crippen LogP contribution in [-0.4, -0.2) is 68.6 Å². The Bertz CT molecular complexity index is 1340. The second kappa shape index (κ2) is 13.6. The first-order chi connectivity index (χ1) is 20.1. The summed E-state index contributed by atoms with van der Waals surface area (Å²) < 4.78 is 33.5. The fourth-order valence-corrected chi connectivity index (χ4v) is 5.23. The van der Waals surface area contributed by atoms with Crippen LogP contribution in [0.15, 0.2) is 59.9 Å². The van der Waals surface area contributed by atoms with Crippen LogP contribution in [0.4, 0.5) is 25.8 Å². The summed E-state index contributed by atoms with van der Waals surface area (Å²) in [4.78, 5) is 27.0. The SMILES string of the molecule is C=CC(=O)Nc1cc(N=C(N)/C=C(\NN)N2OCC[C@@H]2c2cc(F)cc(F)c2)c(OC)cc1N1CCC(N(C)C)CC1. The Kier molecular flexibility index (Phi) is 9.99. The number of amidine groups is 1. The number of piperidine rings is 1. The lowest BCUT2D eigenvalue weighted by Crippen LogP contribution is -2.42. The lowest BCUT2D eigenvalue weighted by atomic mass is 10.0. The van der Waals surface area contributed by atoms with Crippen molar-refractivity contribution in [1.82, 2.24) is 15.4 Å². The van der Waals surface area contributed by atoms with Gasteiger partial charge in [-0.05, 0) is 56.8 Å². The molecule has 0 bridgehead atoms. The molecule has 0 unspecified atom stereocenters. The summed E-state index contributed by atoms with van der Waals surface area (Å²) in [5, 5.41) is 4.28. The Morgan fingerprint density at radius 3 is 2.45 bits per heavy atom. The smallest absolute Gasteiger partial charge is 0.247 e. The number of hydroxylamine groups is 2. The molecule has 4 rings (SSSR count). The maximum Gasteiger partial charge on any atom is 0.247 e. The van der Waals surface area contributed by atoms with Gasteiger partial charge in [-0.3, -0.25) is 9.63 Å². The molecule has 0 aliphatic carbocycles. The molecule has 1 atom stereocenters. The zero-order valence-electron chi connectivity index (χ0n) is 24.1. The standard InChI is InChI=1S/C29H38F2N8O3/c1-5-29(40)35-22-15-23(26(41-4)16-25(22)38-9-6-21(7-10-38)37(2)3)34-27(32)17-28(36-33)39-24(8-11-42-39)18-12-19(30)14-20(31)13-18/h5,12-17,21,24,36H,1,6-11,33H2,2-4H3,(H2,32,34)(H,35,40)/b28-17+/t24-/m1/s1. The molecule has 1 amide bonds. The van der Waals surface area contributed by atoms with Crippen molar-refractivity contribution in [3.8, 4) is 5.75 Å². The first-order valence-electron chi connectivity index (χ1n) is 13.6. The predicted molar refractivity (Wildman–Crippen MR) is 159 cm³/mol. The number of rotatable bonds is 10. The number of amides is 1. The molecule has 2 aromatic carbocycles. The van der Waals surface area contributed by atoms with Crippen molar-refractivity contribution < 1.29 is 23.1 Å². The number of methoxy groups -OCH3 is 1. The van der Waals surface area contributed by atoms with Gasteiger partial charge in [-0.15, -0.1) is 0 Å². The van der Waals surface area contributed by atoms with Crippen molar-refractivity contribution in [1.29, 1.82) is 0 Å². The van der Waals surface area contributed by atoms with Crippen molar-refractivity contribution in [3.63, 3.8) is 0 Å². The van der Waals surface area contributed by atoms with Gasteiger partial charge in [-0.1, -0.05) is 6.58 Å². The summed E-state index contributed by atoms with van der Waals surface area (Å²) in [6, 6.07) is 6.78. The average Bonchev–Trinajstić information content (AvgIpc) is 3.45. The van der Waals surface area contributed by atoms with Gasteiger partial charge >= 0.3 is 0 Å². The van der Waals surface area contributed by atoms with E-state index in [0.29, 0.717) is 41.8 Å². The van der Waals surface area contributed by atoms with E-state index in [1.165, 1.54) is 36.5 Å². The molecular formula is C29H38F2N8O3. The Hall–Kier alpha value is -4.20. The van der Waals surface area contributed by atoms with Crippen LogP contribution in [0.5, 0.6) is 5.75 Å². The lowest BCUT2D eigenvalue weighted by molar-refractivity contribution is -0.111. The average molecular weight is 585 g/mol. The van der Waals surface area contributed by atoms with Crippen molar-refractivity contribution in [2.24, 2.45) is 16.6 Å². The number of anilines is 2. The minimum atomic E-state index is -0.693. The van der Waals surface area contributed by atoms with E-state index in [4.69, 9.17) is 21.2 Å². The highest BCUT2D eigenvalue weighted by Crippen LogP contribution is 2.40. The Morgan fingerprint density at radius 1 is 1.17 bits per heavy atom. The van der Waals surface area contributed by atoms with Gasteiger partial charge in [-0.2, -0.15) is 0 Å². The number of nitrogens with zero attached hydrogens (tertiary/aromatic N) is 4. The van der Waals surface area contributed by atoms with Gasteiger partial charge in [-0.25, -0.2) is 24.7 Å². The molecule has 2 fully saturated rings. The molecule has 2 aromatic rings. The highest BCUT2D eigenvalue weighted by Gasteiger charge is 2.30. The molecule has 42 heavy (non-hydrogen) atoms. The summed E-state index contributed by atoms with van der Waals surface area (Å²) in [5.74, 6) is 4.73. The van der Waals surface area contributed by atoms with Gasteiger partial charge < -0.3 is 31.0 Å². The van der Waals surface area contributed by atoms with Crippen molar-refractivity contribution >= 4 is 28.8 Å². The van der Waals surface area contributed by atoms with Crippen LogP contribution in [0.25, 0.3) is 0 Å². The summed E-state index contributed by atoms with van der Waals surface area (Å²) in [7, 11) is 5.68. The highest BCUT2D eigenvalue weighted by molar-refractivity contribution is 6.02. The molecule has 226 valence electrons. The van der Waals surface area contributed by atoms with Gasteiger partial charge in [0.05, 0.1) is 31.1 Å². The highest BCUT2D eigenvalue weighted by atomic mass is 19.1. The van der Waals surface area contributed by atoms with Crippen molar-refractivity contribution in [2.75, 3.05) is 51.1 Å². The van der Waals surface area contributed by atoms with Gasteiger partial charge in [0.15, 0.2) is 0 Å². The fourth-order valence-electron chi connectivity index (χ4n) is 5.23. The summed E-state index contributed by atoms with van der Waals surface area (Å²) >= 11 is 0. The van der Waals surface area contributed by atoms with Crippen LogP contribution in [0.2, 0.25) is 0 Å². The van der Waals surface area contributed by atoms with E-state index in [-0.39, 0.29) is 17.6 Å². The number of ether oxygens (including phenoxy) is 1. The largest absolute Gasteiger partial charge is 0.494 e. The predicted octanol–water partition coefficient (Wildman–Crippen LogP) is 3.30. The molecule has 2 aliphatic heterocycles. The molecule has 0 spiro atoms. The minimum Gasteiger partial charge on any atom is -0.494 e. The Balaban J connectivity index is 1.66. The maximum absolute atomic E-state index is 13.9. The molecule has 2 saturated heterocycles. The number of carbonyl (C=O) groups excluding carboxylic acids is 1. The van der Waals surface area contributed by atoms with E-state index >= 15 is 0 Å². The third-order valence-electron chi connectivity index (χ3n) is 7.37. The number of aliphatic imine (C=N–C) groups is 1. The molecule has 0 saturated carbocycles. The number of nitrogens with two attached hydrogens (primary N) is 2. The molecule has 6 N–H and O–H groups in total. The Labute approximate surface area is 244 Å². The van der Waals surface area contributed by atoms with Crippen LogP contribution in [-0.2, 0) is 9.63 Å². The minimum absolute atomic E-state index is 0.0291. The molecule has 2 aliphatic rings. The summed E-state index contributed by atoms with van der Waals surface area (Å²) in [5.41, 5.74) is 10.9. The van der Waals surface area contributed by atoms with Crippen molar-refractivity contribution in [2.45, 2.75) is 31.3 Å². The molecule has 0 radical (unpaired) electrons. The molecular weight excluding hydrogens is 546 g/mol. The quantitative estimate of drug-likeness (QED) is 0.109. The van der Waals surface area contributed by atoms with Crippen LogP contribution in [0.3, 0.4) is 0 Å². The zero-order chi connectivity index (χ0) is 30.4. The monoisotopic (exact) mass is 584 g/mol. The number of hydrogen-bond acceptors (Lipinski definition) is 9. The lowest BCUT2D eigenvalue weighted by Gasteiger charge is -2.37. The topological polar surface area (TPSA) is 134 Å². The van der Waals surface area contributed by atoms with Gasteiger partial charge in [0.1, 0.15) is 34.7 Å². The zero-order valence-corrected chi connectivity index (χ0v) is 24.1. The first kappa shape index (κ1) is 30.8. The van der Waals surface area contributed by atoms with E-state index in [1.807, 2.05) is 6.07 Å². The molecule has 2 heterocycles. The fraction of sp³-hybridized carbons (Fsp3) is 0.379. The number of nitrogens with one attached hydrogen (secondary N) is 2. The van der Waals surface area contributed by atoms with E-state index in [1.54, 1.807) is 6.07 Å². The van der Waals surface area contributed by atoms with Gasteiger partial charge in [0.2, 0.25) is 5.91 Å². The van der Waals surface area contributed by atoms with E-state index in [0.717, 1.165) is 37.7 Å². The molecule has 11 nitrogen and oxygen atoms in total. The van der Waals surface area contributed by atoms with Crippen molar-refractivity contribution in [3.05, 3.63) is 72.1 Å². The maximum atomic E-state index is 13.9. The Morgan fingerprint density at radius 2 is 1.86 bits per heavy atom.